The summed E-state index contributed by atoms with van der Waals surface area (Å²) in [6.07, 6.45) is 1.59. The van der Waals surface area contributed by atoms with Gasteiger partial charge in [0.15, 0.2) is 0 Å². The molecule has 1 atom stereocenters. The van der Waals surface area contributed by atoms with Crippen molar-refractivity contribution >= 4 is 5.78 Å². The van der Waals surface area contributed by atoms with E-state index in [-0.39, 0.29) is 5.92 Å². The van der Waals surface area contributed by atoms with Crippen LogP contribution in [0.4, 0.5) is 0 Å². The first-order chi connectivity index (χ1) is 5.83. The Morgan fingerprint density at radius 3 is 2.92 bits per heavy atom. The van der Waals surface area contributed by atoms with Crippen molar-refractivity contribution in [3.8, 4) is 0 Å². The van der Waals surface area contributed by atoms with Gasteiger partial charge in [0, 0.05) is 12.3 Å². The Balaban J connectivity index is 2.47. The minimum absolute atomic E-state index is 0.182. The summed E-state index contributed by atoms with van der Waals surface area (Å²) in [5, 5.41) is 0. The highest BCUT2D eigenvalue weighted by atomic mass is 16.1. The van der Waals surface area contributed by atoms with Gasteiger partial charge >= 0.3 is 0 Å². The number of benzene rings is 1. The molecule has 12 heavy (non-hydrogen) atoms. The van der Waals surface area contributed by atoms with Crippen molar-refractivity contribution in [2.75, 3.05) is 0 Å². The van der Waals surface area contributed by atoms with E-state index < -0.39 is 0 Å². The minimum atomic E-state index is 0.182. The molecule has 0 bridgehead atoms. The van der Waals surface area contributed by atoms with Crippen molar-refractivity contribution in [1.29, 1.82) is 0 Å². The van der Waals surface area contributed by atoms with Crippen molar-refractivity contribution < 1.29 is 4.79 Å². The van der Waals surface area contributed by atoms with Gasteiger partial charge in [-0.1, -0.05) is 31.2 Å². The van der Waals surface area contributed by atoms with Crippen LogP contribution in [-0.4, -0.2) is 5.78 Å². The summed E-state index contributed by atoms with van der Waals surface area (Å²) in [7, 11) is 0. The molecule has 0 spiro atoms. The molecule has 0 radical (unpaired) electrons. The summed E-state index contributed by atoms with van der Waals surface area (Å²) in [6, 6.07) is 8.15. The molecule has 0 aromatic heterocycles. The van der Waals surface area contributed by atoms with E-state index in [2.05, 4.69) is 19.1 Å². The first-order valence-electron chi connectivity index (χ1n) is 4.43. The van der Waals surface area contributed by atoms with E-state index in [9.17, 15) is 4.79 Å². The molecule has 1 aliphatic rings. The highest BCUT2D eigenvalue weighted by Crippen LogP contribution is 2.31. The molecular weight excluding hydrogens is 148 g/mol. The predicted octanol–water partition coefficient (Wildman–Crippen LogP) is 2.31. The van der Waals surface area contributed by atoms with Gasteiger partial charge in [-0.3, -0.25) is 4.79 Å². The Labute approximate surface area is 72.4 Å². The van der Waals surface area contributed by atoms with Crippen molar-refractivity contribution in [3.05, 3.63) is 35.4 Å². The van der Waals surface area contributed by atoms with Crippen LogP contribution in [0.25, 0.3) is 0 Å². The van der Waals surface area contributed by atoms with Crippen LogP contribution in [0.5, 0.6) is 0 Å². The van der Waals surface area contributed by atoms with Crippen molar-refractivity contribution in [1.82, 2.24) is 0 Å². The van der Waals surface area contributed by atoms with Gasteiger partial charge < -0.3 is 0 Å². The molecule has 0 amide bonds. The Morgan fingerprint density at radius 2 is 2.17 bits per heavy atom. The molecule has 0 saturated heterocycles. The molecule has 0 saturated carbocycles. The number of carbonyl (C=O) groups is 1. The summed E-state index contributed by atoms with van der Waals surface area (Å²) in [4.78, 5) is 11.5. The van der Waals surface area contributed by atoms with Crippen LogP contribution < -0.4 is 0 Å². The van der Waals surface area contributed by atoms with E-state index >= 15 is 0 Å². The Morgan fingerprint density at radius 1 is 1.42 bits per heavy atom. The molecule has 1 heteroatoms. The van der Waals surface area contributed by atoms with E-state index in [0.29, 0.717) is 12.2 Å². The zero-order valence-electron chi connectivity index (χ0n) is 7.21. The summed E-state index contributed by atoms with van der Waals surface area (Å²) in [5.74, 6) is 0.569. The van der Waals surface area contributed by atoms with Gasteiger partial charge in [-0.25, -0.2) is 0 Å². The number of hydrogen-bond donors (Lipinski definition) is 0. The third kappa shape index (κ3) is 0.970. The Bertz CT molecular complexity index is 315. The fourth-order valence-corrected chi connectivity index (χ4v) is 1.97. The third-order valence-electron chi connectivity index (χ3n) is 2.59. The third-order valence-corrected chi connectivity index (χ3v) is 2.59. The lowest BCUT2D eigenvalue weighted by Crippen LogP contribution is -2.03. The smallest absolute Gasteiger partial charge is 0.144 e. The zero-order valence-corrected chi connectivity index (χ0v) is 7.21. The number of carbonyl (C=O) groups excluding carboxylic acids is 1. The molecule has 0 aliphatic heterocycles. The maximum atomic E-state index is 11.5. The number of Topliss-reactive ketones (excluding diaryl/α,β-unsaturated/α-hetero) is 1. The average molecular weight is 160 g/mol. The second-order valence-electron chi connectivity index (χ2n) is 3.30. The standard InChI is InChI=1S/C11H12O/c1-2-9-10-6-4-3-5-8(10)7-11(9)12/h3-6,9H,2,7H2,1H3. The number of hydrogen-bond acceptors (Lipinski definition) is 1. The number of fused-ring (bicyclic) bond motifs is 1. The van der Waals surface area contributed by atoms with E-state index in [1.807, 2.05) is 12.1 Å². The predicted molar refractivity (Wildman–Crippen MR) is 48.2 cm³/mol. The van der Waals surface area contributed by atoms with E-state index in [4.69, 9.17) is 0 Å². The Hall–Kier alpha value is -1.11. The van der Waals surface area contributed by atoms with Crippen molar-refractivity contribution in [2.45, 2.75) is 25.7 Å². The quantitative estimate of drug-likeness (QED) is 0.616. The average Bonchev–Trinajstić information content (AvgIpc) is 2.40. The second kappa shape index (κ2) is 2.74. The lowest BCUT2D eigenvalue weighted by molar-refractivity contribution is -0.119. The maximum absolute atomic E-state index is 11.5. The topological polar surface area (TPSA) is 17.1 Å². The van der Waals surface area contributed by atoms with Gasteiger partial charge in [-0.15, -0.1) is 0 Å². The largest absolute Gasteiger partial charge is 0.299 e. The van der Waals surface area contributed by atoms with Crippen LogP contribution in [0.15, 0.2) is 24.3 Å². The highest BCUT2D eigenvalue weighted by Gasteiger charge is 2.27. The van der Waals surface area contributed by atoms with E-state index in [0.717, 1.165) is 6.42 Å². The zero-order chi connectivity index (χ0) is 8.55. The van der Waals surface area contributed by atoms with Gasteiger partial charge in [0.25, 0.3) is 0 Å². The molecule has 0 N–H and O–H groups in total. The maximum Gasteiger partial charge on any atom is 0.144 e. The lowest BCUT2D eigenvalue weighted by Gasteiger charge is -2.04. The van der Waals surface area contributed by atoms with Crippen molar-refractivity contribution in [2.24, 2.45) is 0 Å². The number of rotatable bonds is 1. The molecular formula is C11H12O. The first kappa shape index (κ1) is 7.53. The second-order valence-corrected chi connectivity index (χ2v) is 3.30. The van der Waals surface area contributed by atoms with Gasteiger partial charge in [0.05, 0.1) is 0 Å². The van der Waals surface area contributed by atoms with E-state index in [1.165, 1.54) is 11.1 Å². The van der Waals surface area contributed by atoms with Gasteiger partial charge in [-0.05, 0) is 17.5 Å². The molecule has 0 fully saturated rings. The van der Waals surface area contributed by atoms with E-state index in [1.54, 1.807) is 0 Å². The SMILES string of the molecule is CCC1C(=O)Cc2ccccc21. The fourth-order valence-electron chi connectivity index (χ4n) is 1.97. The molecule has 62 valence electrons. The summed E-state index contributed by atoms with van der Waals surface area (Å²) < 4.78 is 0. The summed E-state index contributed by atoms with van der Waals surface area (Å²) in [6.45, 7) is 2.07. The fraction of sp³-hybridized carbons (Fsp3) is 0.364. The van der Waals surface area contributed by atoms with Crippen LogP contribution in [0.3, 0.4) is 0 Å². The van der Waals surface area contributed by atoms with Crippen molar-refractivity contribution in [3.63, 3.8) is 0 Å². The molecule has 1 aromatic carbocycles. The first-order valence-corrected chi connectivity index (χ1v) is 4.43. The molecule has 2 rings (SSSR count). The summed E-state index contributed by atoms with van der Waals surface area (Å²) >= 11 is 0. The molecule has 1 unspecified atom stereocenters. The number of ketones is 1. The molecule has 1 aliphatic carbocycles. The van der Waals surface area contributed by atoms with Gasteiger partial charge in [0.2, 0.25) is 0 Å². The summed E-state index contributed by atoms with van der Waals surface area (Å²) in [5.41, 5.74) is 2.49. The van der Waals surface area contributed by atoms with Crippen LogP contribution in [0.2, 0.25) is 0 Å². The Kier molecular flexibility index (Phi) is 1.72. The monoisotopic (exact) mass is 160 g/mol. The molecule has 1 aromatic rings. The van der Waals surface area contributed by atoms with Gasteiger partial charge in [-0.2, -0.15) is 0 Å². The highest BCUT2D eigenvalue weighted by molar-refractivity contribution is 5.92. The minimum Gasteiger partial charge on any atom is -0.299 e. The van der Waals surface area contributed by atoms with Gasteiger partial charge in [0.1, 0.15) is 5.78 Å². The van der Waals surface area contributed by atoms with Crippen LogP contribution >= 0.6 is 0 Å². The van der Waals surface area contributed by atoms with Crippen LogP contribution in [0, 0.1) is 0 Å². The molecule has 1 nitrogen and oxygen atoms in total. The lowest BCUT2D eigenvalue weighted by atomic mass is 9.98. The van der Waals surface area contributed by atoms with Crippen LogP contribution in [-0.2, 0) is 11.2 Å². The normalized spacial score (nSPS) is 21.1. The molecule has 0 heterocycles. The van der Waals surface area contributed by atoms with Crippen LogP contribution in [0.1, 0.15) is 30.4 Å².